The number of alkyl halides is 3. The molecule has 24 heavy (non-hydrogen) atoms. The van der Waals surface area contributed by atoms with Crippen molar-refractivity contribution in [3.8, 4) is 11.4 Å². The number of rotatable bonds is 3. The molecule has 2 aromatic rings. The Hall–Kier alpha value is -2.00. The third kappa shape index (κ3) is 2.78. The fraction of sp³-hybridized carbons (Fsp3) is 0.400. The Bertz CT molecular complexity index is 760. The molecule has 128 valence electrons. The zero-order valence-corrected chi connectivity index (χ0v) is 13.8. The molecular formula is C15H15F3N4OS. The van der Waals surface area contributed by atoms with Gasteiger partial charge < -0.3 is 5.11 Å². The largest absolute Gasteiger partial charge is 0.438 e. The van der Waals surface area contributed by atoms with Crippen molar-refractivity contribution in [2.45, 2.75) is 32.2 Å². The highest BCUT2D eigenvalue weighted by atomic mass is 32.1. The Labute approximate surface area is 140 Å². The number of hydrogen-bond donors (Lipinski definition) is 1. The van der Waals surface area contributed by atoms with Crippen molar-refractivity contribution in [1.29, 1.82) is 0 Å². The number of aromatic nitrogens is 2. The van der Waals surface area contributed by atoms with Crippen LogP contribution >= 0.6 is 11.3 Å². The summed E-state index contributed by atoms with van der Waals surface area (Å²) in [6.45, 7) is 3.47. The molecule has 1 aliphatic rings. The van der Waals surface area contributed by atoms with Gasteiger partial charge >= 0.3 is 6.18 Å². The lowest BCUT2D eigenvalue weighted by Gasteiger charge is -2.32. The van der Waals surface area contributed by atoms with E-state index < -0.39 is 18.3 Å². The van der Waals surface area contributed by atoms with Gasteiger partial charge in [-0.2, -0.15) is 23.3 Å². The van der Waals surface area contributed by atoms with Crippen LogP contribution in [-0.4, -0.2) is 32.7 Å². The molecule has 5 nitrogen and oxygen atoms in total. The highest BCUT2D eigenvalue weighted by molar-refractivity contribution is 7.14. The van der Waals surface area contributed by atoms with Crippen LogP contribution in [0.25, 0.3) is 11.4 Å². The average Bonchev–Trinajstić information content (AvgIpc) is 3.12. The first-order valence-corrected chi connectivity index (χ1v) is 8.14. The Kier molecular flexibility index (Phi) is 4.08. The number of hydrogen-bond acceptors (Lipinski definition) is 6. The molecule has 1 N–H and O–H groups in total. The number of nitrogens with zero attached hydrogens (tertiary/aromatic N) is 4. The summed E-state index contributed by atoms with van der Waals surface area (Å²) in [5, 5.41) is 16.4. The van der Waals surface area contributed by atoms with Gasteiger partial charge in [0.2, 0.25) is 5.13 Å². The minimum atomic E-state index is -4.86. The van der Waals surface area contributed by atoms with Gasteiger partial charge in [0.1, 0.15) is 5.69 Å². The quantitative estimate of drug-likeness (QED) is 0.911. The first-order chi connectivity index (χ1) is 11.2. The molecule has 2 aromatic heterocycles. The predicted molar refractivity (Wildman–Crippen MR) is 85.7 cm³/mol. The zero-order chi connectivity index (χ0) is 17.5. The molecule has 1 aliphatic heterocycles. The maximum atomic E-state index is 13.4. The van der Waals surface area contributed by atoms with Crippen LogP contribution in [0.1, 0.15) is 20.3 Å². The number of pyridine rings is 1. The molecule has 0 spiro atoms. The maximum Gasteiger partial charge on any atom is 0.438 e. The molecule has 1 atom stereocenters. The second-order valence-electron chi connectivity index (χ2n) is 5.78. The van der Waals surface area contributed by atoms with E-state index in [4.69, 9.17) is 0 Å². The lowest BCUT2D eigenvalue weighted by atomic mass is 9.99. The fourth-order valence-corrected chi connectivity index (χ4v) is 3.14. The lowest BCUT2D eigenvalue weighted by Crippen LogP contribution is -2.55. The van der Waals surface area contributed by atoms with Gasteiger partial charge in [-0.05, 0) is 18.1 Å². The first kappa shape index (κ1) is 16.8. The smallest absolute Gasteiger partial charge is 0.362 e. The summed E-state index contributed by atoms with van der Waals surface area (Å²) in [5.41, 5.74) is -1.81. The highest BCUT2D eigenvalue weighted by Crippen LogP contribution is 2.44. The van der Waals surface area contributed by atoms with Gasteiger partial charge in [0.15, 0.2) is 0 Å². The first-order valence-electron chi connectivity index (χ1n) is 7.26. The van der Waals surface area contributed by atoms with E-state index in [1.807, 2.05) is 0 Å². The number of halogens is 3. The van der Waals surface area contributed by atoms with Crippen LogP contribution in [0.2, 0.25) is 0 Å². The molecule has 0 aromatic carbocycles. The average molecular weight is 356 g/mol. The number of thiazole rings is 1. The second kappa shape index (κ2) is 5.82. The number of aliphatic hydroxyl groups is 1. The summed E-state index contributed by atoms with van der Waals surface area (Å²) >= 11 is 0.982. The molecular weight excluding hydrogens is 341 g/mol. The Balaban J connectivity index is 2.01. The van der Waals surface area contributed by atoms with Crippen LogP contribution in [0, 0.1) is 5.92 Å². The molecule has 0 saturated carbocycles. The summed E-state index contributed by atoms with van der Waals surface area (Å²) in [4.78, 5) is 8.30. The SMILES string of the molecule is CC(C)C1=NN(c2nc(-c3ccccn3)cs2)C(O)(C(F)(F)F)C1. The molecule has 0 bridgehead atoms. The normalized spacial score (nSPS) is 21.5. The standard InChI is InChI=1S/C15H15F3N4OS/c1-9(2)11-7-14(23,15(16,17)18)22(21-11)13-20-12(8-24-13)10-5-3-4-6-19-10/h3-6,8-9,23H,7H2,1-2H3. The maximum absolute atomic E-state index is 13.4. The van der Waals surface area contributed by atoms with Crippen LogP contribution in [0.3, 0.4) is 0 Å². The summed E-state index contributed by atoms with van der Waals surface area (Å²) < 4.78 is 40.3. The monoisotopic (exact) mass is 356 g/mol. The molecule has 3 rings (SSSR count). The minimum Gasteiger partial charge on any atom is -0.362 e. The lowest BCUT2D eigenvalue weighted by molar-refractivity contribution is -0.254. The van der Waals surface area contributed by atoms with E-state index in [0.717, 1.165) is 11.3 Å². The van der Waals surface area contributed by atoms with Crippen LogP contribution in [0.4, 0.5) is 18.3 Å². The van der Waals surface area contributed by atoms with E-state index in [1.165, 1.54) is 0 Å². The molecule has 0 amide bonds. The van der Waals surface area contributed by atoms with Crippen molar-refractivity contribution >= 4 is 22.2 Å². The summed E-state index contributed by atoms with van der Waals surface area (Å²) in [6, 6.07) is 5.21. The van der Waals surface area contributed by atoms with Crippen LogP contribution < -0.4 is 5.01 Å². The van der Waals surface area contributed by atoms with Gasteiger partial charge in [0.25, 0.3) is 5.72 Å². The van der Waals surface area contributed by atoms with Gasteiger partial charge in [-0.25, -0.2) is 4.98 Å². The third-order valence-electron chi connectivity index (χ3n) is 3.73. The van der Waals surface area contributed by atoms with E-state index in [9.17, 15) is 18.3 Å². The van der Waals surface area contributed by atoms with Crippen LogP contribution in [0.15, 0.2) is 34.9 Å². The van der Waals surface area contributed by atoms with Crippen molar-refractivity contribution in [3.05, 3.63) is 29.8 Å². The van der Waals surface area contributed by atoms with Crippen molar-refractivity contribution in [2.75, 3.05) is 5.01 Å². The number of anilines is 1. The van der Waals surface area contributed by atoms with Crippen LogP contribution in [-0.2, 0) is 0 Å². The second-order valence-corrected chi connectivity index (χ2v) is 6.62. The molecule has 0 fully saturated rings. The molecule has 0 aliphatic carbocycles. The highest BCUT2D eigenvalue weighted by Gasteiger charge is 2.62. The summed E-state index contributed by atoms with van der Waals surface area (Å²) in [5.74, 6) is -0.209. The van der Waals surface area contributed by atoms with Gasteiger partial charge in [-0.1, -0.05) is 19.9 Å². The van der Waals surface area contributed by atoms with E-state index in [0.29, 0.717) is 16.4 Å². The van der Waals surface area contributed by atoms with Crippen molar-refractivity contribution in [2.24, 2.45) is 11.0 Å². The van der Waals surface area contributed by atoms with E-state index in [1.54, 1.807) is 43.6 Å². The molecule has 0 saturated heterocycles. The van der Waals surface area contributed by atoms with E-state index in [-0.39, 0.29) is 16.8 Å². The van der Waals surface area contributed by atoms with E-state index in [2.05, 4.69) is 15.1 Å². The van der Waals surface area contributed by atoms with Gasteiger partial charge in [-0.15, -0.1) is 11.3 Å². The molecule has 9 heteroatoms. The zero-order valence-electron chi connectivity index (χ0n) is 12.9. The topological polar surface area (TPSA) is 61.6 Å². The number of hydrazone groups is 1. The van der Waals surface area contributed by atoms with Gasteiger partial charge in [0, 0.05) is 23.7 Å². The fourth-order valence-electron chi connectivity index (χ4n) is 2.31. The Morgan fingerprint density at radius 1 is 1.29 bits per heavy atom. The van der Waals surface area contributed by atoms with Crippen LogP contribution in [0.5, 0.6) is 0 Å². The molecule has 1 unspecified atom stereocenters. The Morgan fingerprint density at radius 2 is 2.04 bits per heavy atom. The summed E-state index contributed by atoms with van der Waals surface area (Å²) in [7, 11) is 0. The van der Waals surface area contributed by atoms with E-state index >= 15 is 0 Å². The van der Waals surface area contributed by atoms with Crippen molar-refractivity contribution < 1.29 is 18.3 Å². The van der Waals surface area contributed by atoms with Crippen molar-refractivity contribution in [3.63, 3.8) is 0 Å². The summed E-state index contributed by atoms with van der Waals surface area (Å²) in [6.07, 6.45) is -3.87. The predicted octanol–water partition coefficient (Wildman–Crippen LogP) is 3.68. The van der Waals surface area contributed by atoms with Gasteiger partial charge in [0.05, 0.1) is 5.69 Å². The third-order valence-corrected chi connectivity index (χ3v) is 4.54. The van der Waals surface area contributed by atoms with Crippen molar-refractivity contribution in [1.82, 2.24) is 9.97 Å². The van der Waals surface area contributed by atoms with Gasteiger partial charge in [-0.3, -0.25) is 4.98 Å². The Morgan fingerprint density at radius 3 is 2.62 bits per heavy atom. The minimum absolute atomic E-state index is 0.0221. The molecule has 0 radical (unpaired) electrons. The molecule has 3 heterocycles.